The van der Waals surface area contributed by atoms with Crippen molar-refractivity contribution in [3.8, 4) is 0 Å². The van der Waals surface area contributed by atoms with Crippen LogP contribution in [0.15, 0.2) is 24.3 Å². The number of amides is 2. The smallest absolute Gasteiger partial charge is 0.410 e. The largest absolute Gasteiger partial charge is 0.450 e. The quantitative estimate of drug-likeness (QED) is 0.543. The highest BCUT2D eigenvalue weighted by Crippen LogP contribution is 2.46. The van der Waals surface area contributed by atoms with Crippen LogP contribution in [-0.2, 0) is 21.5 Å². The lowest BCUT2D eigenvalue weighted by Crippen LogP contribution is -2.58. The first-order valence-electron chi connectivity index (χ1n) is 15.0. The third-order valence-electron chi connectivity index (χ3n) is 10.7. The molecule has 1 spiro atoms. The van der Waals surface area contributed by atoms with E-state index in [4.69, 9.17) is 4.74 Å². The molecule has 2 bridgehead atoms. The second-order valence-electron chi connectivity index (χ2n) is 12.9. The van der Waals surface area contributed by atoms with Crippen molar-refractivity contribution in [2.75, 3.05) is 26.2 Å². The molecule has 0 aromatic heterocycles. The van der Waals surface area contributed by atoms with E-state index in [-0.39, 0.29) is 16.9 Å². The van der Waals surface area contributed by atoms with Crippen molar-refractivity contribution in [1.29, 1.82) is 0 Å². The Morgan fingerprint density at radius 3 is 2.30 bits per heavy atom. The Bertz CT molecular complexity index is 997. The Labute approximate surface area is 222 Å². The van der Waals surface area contributed by atoms with Crippen molar-refractivity contribution >= 4 is 12.0 Å². The van der Waals surface area contributed by atoms with Crippen LogP contribution in [0.2, 0.25) is 0 Å². The number of hydrogen-bond donors (Lipinski definition) is 0. The van der Waals surface area contributed by atoms with Gasteiger partial charge in [-0.15, -0.1) is 0 Å². The summed E-state index contributed by atoms with van der Waals surface area (Å²) in [5.41, 5.74) is 2.73. The van der Waals surface area contributed by atoms with E-state index in [9.17, 15) is 9.59 Å². The first-order chi connectivity index (χ1) is 17.9. The molecule has 6 nitrogen and oxygen atoms in total. The Morgan fingerprint density at radius 1 is 0.946 bits per heavy atom. The maximum Gasteiger partial charge on any atom is 0.410 e. The highest BCUT2D eigenvalue weighted by Gasteiger charge is 2.49. The van der Waals surface area contributed by atoms with Gasteiger partial charge in [0.15, 0.2) is 0 Å². The van der Waals surface area contributed by atoms with Gasteiger partial charge in [-0.05, 0) is 82.5 Å². The van der Waals surface area contributed by atoms with Crippen molar-refractivity contribution in [2.24, 2.45) is 5.41 Å². The molecule has 2 atom stereocenters. The molecule has 0 N–H and O–H groups in total. The molecule has 37 heavy (non-hydrogen) atoms. The standard InChI is InChI=1S/C31H45N3O3/c1-3-37-29(36)34-24-11-12-25(34)20-26(19-24)32-17-15-31(16-18-32)22-33(21-23-9-5-6-10-27(23)31)28(35)30(2)13-7-4-8-14-30/h5-6,9-10,24-26H,3-4,7-8,11-22H2,1-2H3. The van der Waals surface area contributed by atoms with Gasteiger partial charge in [-0.25, -0.2) is 4.79 Å². The fourth-order valence-electron chi connectivity index (χ4n) is 8.65. The van der Waals surface area contributed by atoms with Crippen molar-refractivity contribution in [3.63, 3.8) is 0 Å². The summed E-state index contributed by atoms with van der Waals surface area (Å²) in [6, 6.07) is 10.2. The summed E-state index contributed by atoms with van der Waals surface area (Å²) in [6.07, 6.45) is 12.2. The predicted octanol–water partition coefficient (Wildman–Crippen LogP) is 5.48. The molecule has 1 aliphatic carbocycles. The predicted molar refractivity (Wildman–Crippen MR) is 144 cm³/mol. The van der Waals surface area contributed by atoms with Crippen LogP contribution < -0.4 is 0 Å². The van der Waals surface area contributed by atoms with Crippen LogP contribution in [0.4, 0.5) is 4.79 Å². The first-order valence-corrected chi connectivity index (χ1v) is 15.0. The number of carbonyl (C=O) groups excluding carboxylic acids is 2. The highest BCUT2D eigenvalue weighted by atomic mass is 16.6. The third-order valence-corrected chi connectivity index (χ3v) is 10.7. The number of rotatable bonds is 3. The maximum absolute atomic E-state index is 13.9. The Kier molecular flexibility index (Phi) is 6.75. The molecule has 1 saturated carbocycles. The number of piperidine rings is 2. The second-order valence-corrected chi connectivity index (χ2v) is 12.9. The van der Waals surface area contributed by atoms with E-state index in [1.165, 1.54) is 30.4 Å². The highest BCUT2D eigenvalue weighted by molar-refractivity contribution is 5.83. The monoisotopic (exact) mass is 507 g/mol. The van der Waals surface area contributed by atoms with Gasteiger partial charge in [-0.3, -0.25) is 4.79 Å². The molecule has 6 heteroatoms. The molecule has 0 radical (unpaired) electrons. The normalized spacial score (nSPS) is 30.7. The van der Waals surface area contributed by atoms with E-state index in [1.807, 2.05) is 6.92 Å². The molecule has 2 amide bonds. The van der Waals surface area contributed by atoms with Crippen molar-refractivity contribution < 1.29 is 14.3 Å². The zero-order chi connectivity index (χ0) is 25.6. The van der Waals surface area contributed by atoms with Crippen LogP contribution >= 0.6 is 0 Å². The number of nitrogens with zero attached hydrogens (tertiary/aromatic N) is 3. The van der Waals surface area contributed by atoms with Gasteiger partial charge in [0.2, 0.25) is 5.91 Å². The maximum atomic E-state index is 13.9. The summed E-state index contributed by atoms with van der Waals surface area (Å²) in [4.78, 5) is 33.5. The summed E-state index contributed by atoms with van der Waals surface area (Å²) in [6.45, 7) is 8.37. The molecule has 4 aliphatic heterocycles. The van der Waals surface area contributed by atoms with Crippen LogP contribution in [0.3, 0.4) is 0 Å². The van der Waals surface area contributed by atoms with Crippen LogP contribution in [0, 0.1) is 5.41 Å². The molecule has 5 aliphatic rings. The van der Waals surface area contributed by atoms with Crippen molar-refractivity contribution in [3.05, 3.63) is 35.4 Å². The summed E-state index contributed by atoms with van der Waals surface area (Å²) >= 11 is 0. The van der Waals surface area contributed by atoms with Crippen molar-refractivity contribution in [2.45, 2.75) is 115 Å². The number of carbonyl (C=O) groups is 2. The van der Waals surface area contributed by atoms with E-state index >= 15 is 0 Å². The lowest BCUT2D eigenvalue weighted by atomic mass is 9.67. The molecule has 4 heterocycles. The van der Waals surface area contributed by atoms with Gasteiger partial charge >= 0.3 is 6.09 Å². The number of hydrogen-bond acceptors (Lipinski definition) is 4. The Hall–Kier alpha value is -2.08. The molecule has 4 fully saturated rings. The minimum Gasteiger partial charge on any atom is -0.450 e. The van der Waals surface area contributed by atoms with Gasteiger partial charge in [0.05, 0.1) is 6.61 Å². The minimum atomic E-state index is -0.182. The SMILES string of the molecule is CCOC(=O)N1C2CCC1CC(N1CCC3(CC1)CN(C(=O)C1(C)CCCCC1)Cc1ccccc13)C2. The fourth-order valence-corrected chi connectivity index (χ4v) is 8.65. The van der Waals surface area contributed by atoms with E-state index in [0.29, 0.717) is 30.6 Å². The zero-order valence-electron chi connectivity index (χ0n) is 22.9. The van der Waals surface area contributed by atoms with Gasteiger partial charge in [-0.1, -0.05) is 50.5 Å². The number of likely N-dealkylation sites (tertiary alicyclic amines) is 1. The minimum absolute atomic E-state index is 0.0661. The van der Waals surface area contributed by atoms with Crippen LogP contribution in [0.5, 0.6) is 0 Å². The molecule has 1 aromatic carbocycles. The molecule has 202 valence electrons. The Morgan fingerprint density at radius 2 is 1.62 bits per heavy atom. The molecule has 3 saturated heterocycles. The van der Waals surface area contributed by atoms with E-state index in [2.05, 4.69) is 45.9 Å². The summed E-state index contributed by atoms with van der Waals surface area (Å²) < 4.78 is 5.37. The zero-order valence-corrected chi connectivity index (χ0v) is 22.9. The molecular formula is C31H45N3O3. The lowest BCUT2D eigenvalue weighted by molar-refractivity contribution is -0.146. The summed E-state index contributed by atoms with van der Waals surface area (Å²) in [5.74, 6) is 0.395. The van der Waals surface area contributed by atoms with E-state index in [0.717, 1.165) is 77.5 Å². The fraction of sp³-hybridized carbons (Fsp3) is 0.742. The second kappa shape index (κ2) is 9.91. The van der Waals surface area contributed by atoms with Gasteiger partial charge in [0, 0.05) is 42.0 Å². The van der Waals surface area contributed by atoms with Crippen LogP contribution in [0.1, 0.15) is 95.6 Å². The Balaban J connectivity index is 1.16. The van der Waals surface area contributed by atoms with Crippen LogP contribution in [-0.4, -0.2) is 71.1 Å². The lowest BCUT2D eigenvalue weighted by Gasteiger charge is -2.52. The molecule has 1 aromatic rings. The average molecular weight is 508 g/mol. The number of fused-ring (bicyclic) bond motifs is 4. The van der Waals surface area contributed by atoms with Gasteiger partial charge in [0.1, 0.15) is 0 Å². The summed E-state index contributed by atoms with van der Waals surface area (Å²) in [5, 5.41) is 0. The van der Waals surface area contributed by atoms with Gasteiger partial charge in [-0.2, -0.15) is 0 Å². The number of benzene rings is 1. The summed E-state index contributed by atoms with van der Waals surface area (Å²) in [7, 11) is 0. The van der Waals surface area contributed by atoms with Crippen molar-refractivity contribution in [1.82, 2.24) is 14.7 Å². The molecule has 2 unspecified atom stereocenters. The topological polar surface area (TPSA) is 53.1 Å². The molecular weight excluding hydrogens is 462 g/mol. The first kappa shape index (κ1) is 25.2. The van der Waals surface area contributed by atoms with Gasteiger partial charge in [0.25, 0.3) is 0 Å². The van der Waals surface area contributed by atoms with Crippen LogP contribution in [0.25, 0.3) is 0 Å². The third kappa shape index (κ3) is 4.47. The van der Waals surface area contributed by atoms with Gasteiger partial charge < -0.3 is 19.4 Å². The molecule has 6 rings (SSSR count). The van der Waals surface area contributed by atoms with E-state index < -0.39 is 0 Å². The number of ether oxygens (including phenoxy) is 1. The van der Waals surface area contributed by atoms with E-state index in [1.54, 1.807) is 0 Å². The average Bonchev–Trinajstić information content (AvgIpc) is 3.18.